The molecule has 1 saturated heterocycles. The monoisotopic (exact) mass is 364 g/mol. The maximum atomic E-state index is 12.7. The number of alkyl halides is 3. The topological polar surface area (TPSA) is 79.7 Å². The number of nitrogens with zero attached hydrogens (tertiary/aromatic N) is 2. The predicted molar refractivity (Wildman–Crippen MR) is 78.6 cm³/mol. The Morgan fingerprint density at radius 3 is 2.79 bits per heavy atom. The molecule has 2 heterocycles. The summed E-state index contributed by atoms with van der Waals surface area (Å²) >= 11 is -0.470. The van der Waals surface area contributed by atoms with Crippen LogP contribution >= 0.6 is 11.8 Å². The van der Waals surface area contributed by atoms with Crippen molar-refractivity contribution < 1.29 is 32.6 Å². The zero-order valence-electron chi connectivity index (χ0n) is 12.6. The molecule has 1 amide bonds. The number of hydrogen-bond acceptors (Lipinski definition) is 5. The number of ether oxygens (including phenoxy) is 1. The summed E-state index contributed by atoms with van der Waals surface area (Å²) in [5.74, 6) is -1.77. The van der Waals surface area contributed by atoms with Crippen LogP contribution in [-0.2, 0) is 9.53 Å². The first-order valence-corrected chi connectivity index (χ1v) is 7.79. The highest BCUT2D eigenvalue weighted by molar-refractivity contribution is 8.00. The van der Waals surface area contributed by atoms with Crippen molar-refractivity contribution in [3.05, 3.63) is 23.9 Å². The molecule has 1 N–H and O–H groups in total. The van der Waals surface area contributed by atoms with Crippen molar-refractivity contribution in [2.75, 3.05) is 13.7 Å². The third-order valence-electron chi connectivity index (χ3n) is 3.59. The van der Waals surface area contributed by atoms with Gasteiger partial charge in [-0.3, -0.25) is 9.59 Å². The Morgan fingerprint density at radius 2 is 2.21 bits per heavy atom. The molecule has 2 unspecified atom stereocenters. The Labute approximate surface area is 140 Å². The summed E-state index contributed by atoms with van der Waals surface area (Å²) in [5, 5.41) is 8.51. The molecule has 0 aromatic carbocycles. The number of aromatic nitrogens is 1. The lowest BCUT2D eigenvalue weighted by atomic mass is 10.1. The van der Waals surface area contributed by atoms with Crippen molar-refractivity contribution in [3.8, 4) is 0 Å². The van der Waals surface area contributed by atoms with Crippen LogP contribution in [0.15, 0.2) is 23.4 Å². The number of pyridine rings is 1. The molecule has 1 fully saturated rings. The Hall–Kier alpha value is -1.81. The average molecular weight is 364 g/mol. The summed E-state index contributed by atoms with van der Waals surface area (Å²) < 4.78 is 43.0. The van der Waals surface area contributed by atoms with Gasteiger partial charge in [0.1, 0.15) is 5.03 Å². The Bertz CT molecular complexity index is 626. The molecule has 0 bridgehead atoms. The summed E-state index contributed by atoms with van der Waals surface area (Å²) in [6, 6.07) is 1.98. The fourth-order valence-corrected chi connectivity index (χ4v) is 3.19. The number of methoxy groups -OCH3 is 1. The van der Waals surface area contributed by atoms with Crippen LogP contribution in [0.3, 0.4) is 0 Å². The zero-order chi connectivity index (χ0) is 17.9. The fraction of sp³-hybridized carbons (Fsp3) is 0.500. The Kier molecular flexibility index (Phi) is 5.70. The number of amides is 1. The predicted octanol–water partition coefficient (Wildman–Crippen LogP) is 2.40. The van der Waals surface area contributed by atoms with Gasteiger partial charge in [-0.05, 0) is 18.6 Å². The molecule has 2 rings (SSSR count). The number of rotatable bonds is 5. The van der Waals surface area contributed by atoms with E-state index in [9.17, 15) is 22.8 Å². The number of aliphatic carboxylic acids is 1. The van der Waals surface area contributed by atoms with Gasteiger partial charge in [-0.2, -0.15) is 13.2 Å². The van der Waals surface area contributed by atoms with E-state index in [2.05, 4.69) is 4.98 Å². The lowest BCUT2D eigenvalue weighted by molar-refractivity contribution is -0.138. The van der Waals surface area contributed by atoms with E-state index in [1.54, 1.807) is 0 Å². The van der Waals surface area contributed by atoms with Crippen molar-refractivity contribution in [1.82, 2.24) is 9.88 Å². The van der Waals surface area contributed by atoms with E-state index in [1.807, 2.05) is 0 Å². The van der Waals surface area contributed by atoms with Gasteiger partial charge in [0, 0.05) is 37.7 Å². The minimum atomic E-state index is -4.58. The number of carbonyl (C=O) groups excluding carboxylic acids is 1. The molecule has 0 spiro atoms. The molecular formula is C14H15F3N2O4S. The molecule has 1 aromatic rings. The van der Waals surface area contributed by atoms with Crippen molar-refractivity contribution in [1.29, 1.82) is 0 Å². The van der Waals surface area contributed by atoms with Crippen LogP contribution in [0.25, 0.3) is 0 Å². The first-order valence-electron chi connectivity index (χ1n) is 6.97. The van der Waals surface area contributed by atoms with Gasteiger partial charge in [0.15, 0.2) is 0 Å². The molecule has 24 heavy (non-hydrogen) atoms. The van der Waals surface area contributed by atoms with E-state index in [0.717, 1.165) is 0 Å². The van der Waals surface area contributed by atoms with Crippen molar-refractivity contribution in [3.63, 3.8) is 0 Å². The van der Waals surface area contributed by atoms with Crippen LogP contribution in [-0.4, -0.2) is 58.2 Å². The molecule has 1 aliphatic rings. The van der Waals surface area contributed by atoms with Gasteiger partial charge in [0.25, 0.3) is 5.91 Å². The minimum absolute atomic E-state index is 0.123. The first-order chi connectivity index (χ1) is 11.2. The number of carboxylic acids is 1. The van der Waals surface area contributed by atoms with Crippen LogP contribution in [0, 0.1) is 0 Å². The number of carboxylic acid groups (broad SMARTS) is 1. The molecular weight excluding hydrogens is 349 g/mol. The van der Waals surface area contributed by atoms with Gasteiger partial charge < -0.3 is 14.7 Å². The second-order valence-electron chi connectivity index (χ2n) is 5.21. The normalized spacial score (nSPS) is 21.1. The van der Waals surface area contributed by atoms with Crippen LogP contribution in [0.2, 0.25) is 0 Å². The van der Waals surface area contributed by atoms with Crippen LogP contribution in [0.4, 0.5) is 13.2 Å². The van der Waals surface area contributed by atoms with Crippen molar-refractivity contribution >= 4 is 23.6 Å². The largest absolute Gasteiger partial charge is 0.481 e. The van der Waals surface area contributed by atoms with Gasteiger partial charge in [0.2, 0.25) is 0 Å². The van der Waals surface area contributed by atoms with Gasteiger partial charge in [0.05, 0.1) is 18.1 Å². The molecule has 132 valence electrons. The third kappa shape index (κ3) is 4.60. The van der Waals surface area contributed by atoms with Gasteiger partial charge in [-0.15, -0.1) is 0 Å². The maximum absolute atomic E-state index is 12.7. The Balaban J connectivity index is 2.28. The van der Waals surface area contributed by atoms with Gasteiger partial charge in [-0.1, -0.05) is 0 Å². The van der Waals surface area contributed by atoms with Crippen LogP contribution in [0.1, 0.15) is 23.2 Å². The molecule has 0 saturated carbocycles. The van der Waals surface area contributed by atoms with Crippen molar-refractivity contribution in [2.24, 2.45) is 0 Å². The number of likely N-dealkylation sites (tertiary alicyclic amines) is 1. The fourth-order valence-electron chi connectivity index (χ4n) is 2.59. The smallest absolute Gasteiger partial charge is 0.447 e. The first kappa shape index (κ1) is 18.5. The summed E-state index contributed by atoms with van der Waals surface area (Å²) in [4.78, 5) is 28.5. The third-order valence-corrected chi connectivity index (χ3v) is 4.34. The minimum Gasteiger partial charge on any atom is -0.481 e. The van der Waals surface area contributed by atoms with E-state index in [1.165, 1.54) is 30.3 Å². The molecule has 1 aliphatic heterocycles. The van der Waals surface area contributed by atoms with Crippen LogP contribution in [0.5, 0.6) is 0 Å². The van der Waals surface area contributed by atoms with E-state index < -0.39 is 40.2 Å². The second-order valence-corrected chi connectivity index (χ2v) is 6.26. The lowest BCUT2D eigenvalue weighted by Crippen LogP contribution is -2.37. The standard InChI is InChI=1S/C14H15F3N2O4S/c1-23-9-5-8(6-11(20)21)19(7-9)13(22)10-3-2-4-18-12(10)24-14(15,16)17/h2-4,8-9H,5-7H2,1H3,(H,20,21). The quantitative estimate of drug-likeness (QED) is 0.809. The van der Waals surface area contributed by atoms with Crippen LogP contribution < -0.4 is 0 Å². The summed E-state index contributed by atoms with van der Waals surface area (Å²) in [7, 11) is 1.44. The SMILES string of the molecule is COC1CC(CC(=O)O)N(C(=O)c2cccnc2SC(F)(F)F)C1. The molecule has 2 atom stereocenters. The Morgan fingerprint density at radius 1 is 1.50 bits per heavy atom. The van der Waals surface area contributed by atoms with E-state index in [-0.39, 0.29) is 24.6 Å². The maximum Gasteiger partial charge on any atom is 0.447 e. The number of carbonyl (C=O) groups is 2. The number of hydrogen-bond donors (Lipinski definition) is 1. The summed E-state index contributed by atoms with van der Waals surface area (Å²) in [6.07, 6.45) is 0.833. The lowest BCUT2D eigenvalue weighted by Gasteiger charge is -2.24. The number of thioether (sulfide) groups is 1. The zero-order valence-corrected chi connectivity index (χ0v) is 13.4. The summed E-state index contributed by atoms with van der Waals surface area (Å²) in [5.41, 5.74) is -4.78. The highest BCUT2D eigenvalue weighted by Crippen LogP contribution is 2.38. The van der Waals surface area contributed by atoms with Gasteiger partial charge in [-0.25, -0.2) is 4.98 Å². The number of halogens is 3. The second kappa shape index (κ2) is 7.39. The molecule has 0 aliphatic carbocycles. The molecule has 0 radical (unpaired) electrons. The van der Waals surface area contributed by atoms with Gasteiger partial charge >= 0.3 is 11.5 Å². The molecule has 6 nitrogen and oxygen atoms in total. The van der Waals surface area contributed by atoms with Crippen molar-refractivity contribution in [2.45, 2.75) is 35.5 Å². The highest BCUT2D eigenvalue weighted by atomic mass is 32.2. The molecule has 1 aromatic heterocycles. The van der Waals surface area contributed by atoms with E-state index in [4.69, 9.17) is 9.84 Å². The summed E-state index contributed by atoms with van der Waals surface area (Å²) in [6.45, 7) is 0.123. The highest BCUT2D eigenvalue weighted by Gasteiger charge is 2.39. The molecule has 10 heteroatoms. The van der Waals surface area contributed by atoms with E-state index in [0.29, 0.717) is 6.42 Å². The average Bonchev–Trinajstić information content (AvgIpc) is 2.87. The van der Waals surface area contributed by atoms with E-state index >= 15 is 0 Å².